The van der Waals surface area contributed by atoms with Crippen molar-refractivity contribution in [1.82, 2.24) is 14.7 Å². The number of hydrogen-bond acceptors (Lipinski definition) is 9. The van der Waals surface area contributed by atoms with Gasteiger partial charge in [-0.05, 0) is 82.5 Å². The van der Waals surface area contributed by atoms with Gasteiger partial charge in [0.1, 0.15) is 28.8 Å². The number of halogens is 1. The highest BCUT2D eigenvalue weighted by Gasteiger charge is 2.69. The third-order valence-electron chi connectivity index (χ3n) is 12.0. The first-order valence-electron chi connectivity index (χ1n) is 17.7. The van der Waals surface area contributed by atoms with Gasteiger partial charge in [0.25, 0.3) is 0 Å². The molecule has 3 fully saturated rings. The van der Waals surface area contributed by atoms with E-state index in [1.807, 2.05) is 52.0 Å². The van der Waals surface area contributed by atoms with Gasteiger partial charge >= 0.3 is 0 Å². The second-order valence-corrected chi connectivity index (χ2v) is 17.3. The number of carbonyl (C=O) groups is 4. The Kier molecular flexibility index (Phi) is 7.95. The van der Waals surface area contributed by atoms with Gasteiger partial charge < -0.3 is 14.6 Å². The number of likely N-dealkylation sites (tertiary alicyclic amines) is 1. The summed E-state index contributed by atoms with van der Waals surface area (Å²) in [6.45, 7) is 9.28. The van der Waals surface area contributed by atoms with E-state index in [0.29, 0.717) is 34.3 Å². The number of imide groups is 2. The molecule has 2 aromatic heterocycles. The smallest absolute Gasteiger partial charge is 0.242 e. The summed E-state index contributed by atoms with van der Waals surface area (Å²) in [6.07, 6.45) is 2.43. The van der Waals surface area contributed by atoms with Crippen LogP contribution >= 0.6 is 22.9 Å². The lowest BCUT2D eigenvalue weighted by atomic mass is 9.51. The summed E-state index contributed by atoms with van der Waals surface area (Å²) in [5, 5.41) is 18.1. The van der Waals surface area contributed by atoms with Crippen LogP contribution in [0.2, 0.25) is 5.02 Å². The summed E-state index contributed by atoms with van der Waals surface area (Å²) in [5.41, 5.74) is 0.528. The highest BCUT2D eigenvalue weighted by Crippen LogP contribution is 2.66. The van der Waals surface area contributed by atoms with Gasteiger partial charge in [-0.2, -0.15) is 5.10 Å². The van der Waals surface area contributed by atoms with Gasteiger partial charge in [-0.3, -0.25) is 28.8 Å². The second kappa shape index (κ2) is 11.9. The minimum Gasteiger partial charge on any atom is -0.507 e. The number of rotatable bonds is 5. The van der Waals surface area contributed by atoms with Crippen LogP contribution in [0.1, 0.15) is 57.6 Å². The maximum Gasteiger partial charge on any atom is 0.242 e. The van der Waals surface area contributed by atoms with Crippen molar-refractivity contribution in [1.29, 1.82) is 0 Å². The van der Waals surface area contributed by atoms with Gasteiger partial charge in [0.05, 0.1) is 42.3 Å². The fourth-order valence-electron chi connectivity index (χ4n) is 9.58. The Morgan fingerprint density at radius 2 is 1.74 bits per heavy atom. The summed E-state index contributed by atoms with van der Waals surface area (Å²) >= 11 is 7.87. The largest absolute Gasteiger partial charge is 0.507 e. The molecule has 6 unspecified atom stereocenters. The molecule has 4 aliphatic rings. The Labute approximate surface area is 316 Å². The Bertz CT molecular complexity index is 2320. The first-order valence-corrected chi connectivity index (χ1v) is 18.9. The maximum atomic E-state index is 15.2. The number of allylic oxidation sites excluding steroid dienone is 2. The molecule has 2 saturated heterocycles. The molecule has 0 radical (unpaired) electrons. The SMILES string of the molecule is COc1cc(O)c(C2C3=CCC4C(=O)N(C(C)(C)C)C(=O)C4C3CC3C(=O)N(c4cc(-c5sc6ccc(Cl)cc6c5C)nn4C)C(=O)C32C)c(OC)c1. The summed E-state index contributed by atoms with van der Waals surface area (Å²) in [7, 11) is 4.65. The average molecular weight is 757 g/mol. The number of aryl methyl sites for hydroxylation is 2. The molecule has 4 amide bonds. The maximum absolute atomic E-state index is 15.2. The molecule has 2 aromatic carbocycles. The van der Waals surface area contributed by atoms with E-state index in [-0.39, 0.29) is 29.7 Å². The van der Waals surface area contributed by atoms with E-state index in [2.05, 4.69) is 0 Å². The van der Waals surface area contributed by atoms with E-state index in [0.717, 1.165) is 26.1 Å². The van der Waals surface area contributed by atoms with Crippen LogP contribution in [0.5, 0.6) is 17.2 Å². The molecular weight excluding hydrogens is 716 g/mol. The molecule has 11 nitrogen and oxygen atoms in total. The quantitative estimate of drug-likeness (QED) is 0.170. The predicted molar refractivity (Wildman–Crippen MR) is 201 cm³/mol. The van der Waals surface area contributed by atoms with Gasteiger partial charge in [0.2, 0.25) is 23.6 Å². The number of phenolic OH excluding ortho intramolecular Hbond substituents is 1. The zero-order valence-corrected chi connectivity index (χ0v) is 32.4. The van der Waals surface area contributed by atoms with Gasteiger partial charge in [0.15, 0.2) is 0 Å². The summed E-state index contributed by atoms with van der Waals surface area (Å²) in [5.74, 6) is -4.22. The monoisotopic (exact) mass is 756 g/mol. The van der Waals surface area contributed by atoms with Crippen molar-refractivity contribution in [3.8, 4) is 27.8 Å². The van der Waals surface area contributed by atoms with Crippen LogP contribution in [0.4, 0.5) is 5.82 Å². The Balaban J connectivity index is 1.29. The molecule has 8 rings (SSSR count). The molecule has 1 saturated carbocycles. The third-order valence-corrected chi connectivity index (χ3v) is 13.5. The van der Waals surface area contributed by atoms with Crippen LogP contribution in [0.15, 0.2) is 48.0 Å². The number of nitrogens with zero attached hydrogens (tertiary/aromatic N) is 4. The van der Waals surface area contributed by atoms with Crippen LogP contribution in [-0.2, 0) is 26.2 Å². The van der Waals surface area contributed by atoms with E-state index >= 15 is 4.79 Å². The number of methoxy groups -OCH3 is 2. The molecule has 276 valence electrons. The van der Waals surface area contributed by atoms with Crippen LogP contribution < -0.4 is 14.4 Å². The molecule has 2 aliphatic heterocycles. The van der Waals surface area contributed by atoms with Crippen LogP contribution in [-0.4, -0.2) is 63.2 Å². The number of carbonyl (C=O) groups excluding carboxylic acids is 4. The van der Waals surface area contributed by atoms with Gasteiger partial charge in [-0.1, -0.05) is 23.3 Å². The van der Waals surface area contributed by atoms with Crippen LogP contribution in [0.3, 0.4) is 0 Å². The molecule has 4 aromatic rings. The molecule has 0 bridgehead atoms. The topological polar surface area (TPSA) is 131 Å². The lowest BCUT2D eigenvalue weighted by Gasteiger charge is -2.49. The van der Waals surface area contributed by atoms with Crippen molar-refractivity contribution < 1.29 is 33.8 Å². The average Bonchev–Trinajstić information content (AvgIpc) is 3.78. The van der Waals surface area contributed by atoms with Crippen molar-refractivity contribution in [3.63, 3.8) is 0 Å². The summed E-state index contributed by atoms with van der Waals surface area (Å²) < 4.78 is 13.9. The molecule has 6 atom stereocenters. The number of amides is 4. The third kappa shape index (κ3) is 4.87. The molecular formula is C40H41ClN4O7S. The van der Waals surface area contributed by atoms with Crippen molar-refractivity contribution in [2.45, 2.75) is 58.9 Å². The number of fused-ring (bicyclic) bond motifs is 5. The van der Waals surface area contributed by atoms with Gasteiger partial charge in [-0.25, -0.2) is 4.90 Å². The number of ether oxygens (including phenoxy) is 2. The first-order chi connectivity index (χ1) is 25.0. The van der Waals surface area contributed by atoms with E-state index in [1.165, 1.54) is 30.1 Å². The Hall–Kier alpha value is -4.68. The fourth-order valence-corrected chi connectivity index (χ4v) is 10.9. The summed E-state index contributed by atoms with van der Waals surface area (Å²) in [4.78, 5) is 61.6. The summed E-state index contributed by atoms with van der Waals surface area (Å²) in [6, 6.07) is 10.6. The Morgan fingerprint density at radius 1 is 1.00 bits per heavy atom. The standard InChI is InChI=1S/C40H41ClN4O7S/c1-18-23-13-19(41)9-12-29(23)53-34(18)26-17-30(43(6)42-26)44-36(48)25-16-24-21(10-11-22-31(24)37(49)45(35(22)47)39(2,3)4)33(40(25,5)38(44)50)32-27(46)14-20(51-7)15-28(32)52-8/h9-10,12-15,17,22,24-25,31,33,46H,11,16H2,1-8H3. The minimum absolute atomic E-state index is 0.165. The molecule has 4 heterocycles. The van der Waals surface area contributed by atoms with E-state index < -0.39 is 52.4 Å². The molecule has 53 heavy (non-hydrogen) atoms. The minimum atomic E-state index is -1.41. The van der Waals surface area contributed by atoms with Gasteiger partial charge in [0, 0.05) is 52.0 Å². The molecule has 1 N–H and O–H groups in total. The number of phenols is 1. The number of anilines is 1. The number of aromatic hydroxyl groups is 1. The van der Waals surface area contributed by atoms with Crippen LogP contribution in [0.25, 0.3) is 20.7 Å². The van der Waals surface area contributed by atoms with Gasteiger partial charge in [-0.15, -0.1) is 11.3 Å². The molecule has 2 aliphatic carbocycles. The lowest BCUT2D eigenvalue weighted by molar-refractivity contribution is -0.145. The predicted octanol–water partition coefficient (Wildman–Crippen LogP) is 7.02. The van der Waals surface area contributed by atoms with Crippen LogP contribution in [0, 0.1) is 36.0 Å². The lowest BCUT2D eigenvalue weighted by Crippen LogP contribution is -2.49. The second-order valence-electron chi connectivity index (χ2n) is 15.8. The normalized spacial score (nSPS) is 27.0. The molecule has 13 heteroatoms. The zero-order valence-electron chi connectivity index (χ0n) is 30.8. The number of aromatic nitrogens is 2. The van der Waals surface area contributed by atoms with Crippen molar-refractivity contribution in [2.75, 3.05) is 19.1 Å². The van der Waals surface area contributed by atoms with E-state index in [9.17, 15) is 19.5 Å². The highest BCUT2D eigenvalue weighted by atomic mass is 35.5. The number of thiophene rings is 1. The van der Waals surface area contributed by atoms with Crippen molar-refractivity contribution >= 4 is 62.5 Å². The van der Waals surface area contributed by atoms with Crippen molar-refractivity contribution in [2.24, 2.45) is 36.1 Å². The number of hydrogen-bond donors (Lipinski definition) is 1. The van der Waals surface area contributed by atoms with E-state index in [4.69, 9.17) is 26.2 Å². The van der Waals surface area contributed by atoms with E-state index in [1.54, 1.807) is 42.1 Å². The highest BCUT2D eigenvalue weighted by molar-refractivity contribution is 7.22. The Morgan fingerprint density at radius 3 is 2.42 bits per heavy atom. The first kappa shape index (κ1) is 35.4. The number of benzene rings is 2. The van der Waals surface area contributed by atoms with Crippen molar-refractivity contribution in [3.05, 3.63) is 64.2 Å². The zero-order chi connectivity index (χ0) is 38.0. The molecule has 0 spiro atoms. The fraction of sp³-hybridized carbons (Fsp3) is 0.425.